The minimum Gasteiger partial charge on any atom is -0.444 e. The molecule has 0 bridgehead atoms. The molecule has 2 N–H and O–H groups in total. The quantitative estimate of drug-likeness (QED) is 0.878. The van der Waals surface area contributed by atoms with Crippen LogP contribution < -0.4 is 10.6 Å². The Kier molecular flexibility index (Phi) is 4.62. The van der Waals surface area contributed by atoms with Gasteiger partial charge in [-0.1, -0.05) is 24.3 Å². The fourth-order valence-corrected chi connectivity index (χ4v) is 3.29. The summed E-state index contributed by atoms with van der Waals surface area (Å²) in [5, 5.41) is 6.70. The number of amides is 1. The average molecular weight is 316 g/mol. The van der Waals surface area contributed by atoms with E-state index in [1.54, 1.807) is 0 Å². The smallest absolute Gasteiger partial charge is 0.407 e. The van der Waals surface area contributed by atoms with Gasteiger partial charge in [0.2, 0.25) is 0 Å². The molecule has 1 saturated carbocycles. The maximum Gasteiger partial charge on any atom is 0.407 e. The predicted octanol–water partition coefficient (Wildman–Crippen LogP) is 3.05. The van der Waals surface area contributed by atoms with E-state index >= 15 is 0 Å². The normalized spacial score (nSPS) is 19.3. The van der Waals surface area contributed by atoms with Crippen molar-refractivity contribution in [3.8, 4) is 0 Å². The van der Waals surface area contributed by atoms with E-state index in [4.69, 9.17) is 4.74 Å². The molecule has 1 amide bonds. The van der Waals surface area contributed by atoms with Crippen molar-refractivity contribution in [2.45, 2.75) is 64.1 Å². The van der Waals surface area contributed by atoms with Gasteiger partial charge in [0.25, 0.3) is 0 Å². The lowest BCUT2D eigenvalue weighted by Gasteiger charge is -2.25. The van der Waals surface area contributed by atoms with E-state index in [1.807, 2.05) is 20.8 Å². The van der Waals surface area contributed by atoms with E-state index < -0.39 is 5.60 Å². The predicted molar refractivity (Wildman–Crippen MR) is 91.5 cm³/mol. The second-order valence-corrected chi connectivity index (χ2v) is 7.87. The van der Waals surface area contributed by atoms with Gasteiger partial charge in [0.1, 0.15) is 5.60 Å². The molecule has 4 heteroatoms. The van der Waals surface area contributed by atoms with Crippen LogP contribution >= 0.6 is 0 Å². The summed E-state index contributed by atoms with van der Waals surface area (Å²) in [5.41, 5.74) is 2.46. The van der Waals surface area contributed by atoms with E-state index in [9.17, 15) is 4.79 Å². The van der Waals surface area contributed by atoms with E-state index in [-0.39, 0.29) is 12.1 Å². The third kappa shape index (κ3) is 4.71. The molecule has 2 aliphatic rings. The number of hydrogen-bond acceptors (Lipinski definition) is 3. The van der Waals surface area contributed by atoms with Gasteiger partial charge in [-0.05, 0) is 63.5 Å². The van der Waals surface area contributed by atoms with Crippen molar-refractivity contribution in [1.29, 1.82) is 0 Å². The van der Waals surface area contributed by atoms with Crippen LogP contribution in [0.4, 0.5) is 4.79 Å². The van der Waals surface area contributed by atoms with Gasteiger partial charge < -0.3 is 15.4 Å². The largest absolute Gasteiger partial charge is 0.444 e. The standard InChI is InChI=1S/C19H28N2O2/c1-19(2,3)23-18(22)21-17(13-8-9-13)12-20-16-10-14-6-4-5-7-15(14)11-16/h4-7,13,16-17,20H,8-12H2,1-3H3,(H,21,22). The highest BCUT2D eigenvalue weighted by atomic mass is 16.6. The van der Waals surface area contributed by atoms with E-state index in [2.05, 4.69) is 34.9 Å². The highest BCUT2D eigenvalue weighted by Crippen LogP contribution is 2.33. The van der Waals surface area contributed by atoms with Crippen LogP contribution in [0.2, 0.25) is 0 Å². The first-order valence-electron chi connectivity index (χ1n) is 8.70. The van der Waals surface area contributed by atoms with Crippen LogP contribution in [0.1, 0.15) is 44.7 Å². The minimum absolute atomic E-state index is 0.175. The number of benzene rings is 1. The van der Waals surface area contributed by atoms with Crippen LogP contribution in [-0.4, -0.2) is 30.3 Å². The molecule has 1 aromatic rings. The van der Waals surface area contributed by atoms with E-state index in [0.29, 0.717) is 12.0 Å². The van der Waals surface area contributed by atoms with Crippen molar-refractivity contribution >= 4 is 6.09 Å². The van der Waals surface area contributed by atoms with Crippen LogP contribution in [0.5, 0.6) is 0 Å². The van der Waals surface area contributed by atoms with Gasteiger partial charge in [-0.3, -0.25) is 0 Å². The first-order chi connectivity index (χ1) is 10.9. The fraction of sp³-hybridized carbons (Fsp3) is 0.632. The summed E-state index contributed by atoms with van der Waals surface area (Å²) < 4.78 is 5.39. The molecule has 23 heavy (non-hydrogen) atoms. The Bertz CT molecular complexity index is 536. The molecule has 126 valence electrons. The Labute approximate surface area is 139 Å². The molecule has 0 saturated heterocycles. The van der Waals surface area contributed by atoms with Crippen LogP contribution in [0.15, 0.2) is 24.3 Å². The van der Waals surface area contributed by atoms with Gasteiger partial charge in [0, 0.05) is 18.6 Å². The first kappa shape index (κ1) is 16.3. The summed E-state index contributed by atoms with van der Waals surface area (Å²) >= 11 is 0. The molecular formula is C19H28N2O2. The number of alkyl carbamates (subject to hydrolysis) is 1. The number of hydrogen-bond donors (Lipinski definition) is 2. The van der Waals surface area contributed by atoms with Crippen LogP contribution in [-0.2, 0) is 17.6 Å². The molecule has 0 aliphatic heterocycles. The molecule has 1 atom stereocenters. The van der Waals surface area contributed by atoms with Crippen LogP contribution in [0.3, 0.4) is 0 Å². The Morgan fingerprint density at radius 3 is 2.35 bits per heavy atom. The summed E-state index contributed by atoms with van der Waals surface area (Å²) in [5.74, 6) is 0.596. The number of fused-ring (bicyclic) bond motifs is 1. The molecule has 0 aromatic heterocycles. The first-order valence-corrected chi connectivity index (χ1v) is 8.70. The zero-order chi connectivity index (χ0) is 16.4. The third-order valence-corrected chi connectivity index (χ3v) is 4.57. The summed E-state index contributed by atoms with van der Waals surface area (Å²) in [7, 11) is 0. The van der Waals surface area contributed by atoms with Gasteiger partial charge in [-0.15, -0.1) is 0 Å². The molecule has 2 aliphatic carbocycles. The SMILES string of the molecule is CC(C)(C)OC(=O)NC(CNC1Cc2ccccc2C1)C1CC1. The highest BCUT2D eigenvalue weighted by molar-refractivity contribution is 5.68. The van der Waals surface area contributed by atoms with E-state index in [0.717, 1.165) is 19.4 Å². The lowest BCUT2D eigenvalue weighted by atomic mass is 10.1. The molecule has 4 nitrogen and oxygen atoms in total. The van der Waals surface area contributed by atoms with Crippen molar-refractivity contribution in [1.82, 2.24) is 10.6 Å². The second-order valence-electron chi connectivity index (χ2n) is 7.87. The number of carbonyl (C=O) groups is 1. The lowest BCUT2D eigenvalue weighted by Crippen LogP contribution is -2.47. The van der Waals surface area contributed by atoms with Crippen molar-refractivity contribution in [2.24, 2.45) is 5.92 Å². The third-order valence-electron chi connectivity index (χ3n) is 4.57. The van der Waals surface area contributed by atoms with E-state index in [1.165, 1.54) is 24.0 Å². The summed E-state index contributed by atoms with van der Waals surface area (Å²) in [6.07, 6.45) is 4.27. The van der Waals surface area contributed by atoms with Crippen LogP contribution in [0.25, 0.3) is 0 Å². The topological polar surface area (TPSA) is 50.4 Å². The van der Waals surface area contributed by atoms with Gasteiger partial charge in [0.05, 0.1) is 0 Å². The molecule has 0 heterocycles. The van der Waals surface area contributed by atoms with Gasteiger partial charge >= 0.3 is 6.09 Å². The van der Waals surface area contributed by atoms with Crippen molar-refractivity contribution in [3.63, 3.8) is 0 Å². The van der Waals surface area contributed by atoms with Gasteiger partial charge in [-0.25, -0.2) is 4.79 Å². The van der Waals surface area contributed by atoms with Crippen molar-refractivity contribution in [3.05, 3.63) is 35.4 Å². The molecule has 0 spiro atoms. The summed E-state index contributed by atoms with van der Waals surface area (Å²) in [6.45, 7) is 6.51. The number of ether oxygens (including phenoxy) is 1. The summed E-state index contributed by atoms with van der Waals surface area (Å²) in [4.78, 5) is 12.0. The van der Waals surface area contributed by atoms with Crippen molar-refractivity contribution < 1.29 is 9.53 Å². The summed E-state index contributed by atoms with van der Waals surface area (Å²) in [6, 6.07) is 9.31. The highest BCUT2D eigenvalue weighted by Gasteiger charge is 2.34. The van der Waals surface area contributed by atoms with Gasteiger partial charge in [0.15, 0.2) is 0 Å². The second kappa shape index (κ2) is 6.52. The molecule has 3 rings (SSSR count). The molecule has 1 unspecified atom stereocenters. The zero-order valence-corrected chi connectivity index (χ0v) is 14.4. The number of nitrogens with one attached hydrogen (secondary N) is 2. The molecule has 1 fully saturated rings. The molecular weight excluding hydrogens is 288 g/mol. The lowest BCUT2D eigenvalue weighted by molar-refractivity contribution is 0.0496. The van der Waals surface area contributed by atoms with Crippen molar-refractivity contribution in [2.75, 3.05) is 6.54 Å². The number of carbonyl (C=O) groups excluding carboxylic acids is 1. The maximum atomic E-state index is 12.0. The average Bonchev–Trinajstić information content (AvgIpc) is 3.20. The van der Waals surface area contributed by atoms with Gasteiger partial charge in [-0.2, -0.15) is 0 Å². The Balaban J connectivity index is 1.48. The molecule has 1 aromatic carbocycles. The Morgan fingerprint density at radius 1 is 1.22 bits per heavy atom. The van der Waals surface area contributed by atoms with Crippen LogP contribution in [0, 0.1) is 5.92 Å². The zero-order valence-electron chi connectivity index (χ0n) is 14.4. The Morgan fingerprint density at radius 2 is 1.83 bits per heavy atom. The maximum absolute atomic E-state index is 12.0. The Hall–Kier alpha value is -1.55. The molecule has 0 radical (unpaired) electrons. The number of rotatable bonds is 5. The minimum atomic E-state index is -0.446. The fourth-order valence-electron chi connectivity index (χ4n) is 3.29. The monoisotopic (exact) mass is 316 g/mol.